The molecule has 1 amide bonds. The van der Waals surface area contributed by atoms with E-state index in [0.29, 0.717) is 0 Å². The van der Waals surface area contributed by atoms with Gasteiger partial charge in [0.1, 0.15) is 17.2 Å². The quantitative estimate of drug-likeness (QED) is 0.889. The molecule has 0 aliphatic heterocycles. The molecule has 0 aliphatic carbocycles. The summed E-state index contributed by atoms with van der Waals surface area (Å²) in [4.78, 5) is 23.7. The minimum absolute atomic E-state index is 0.157. The van der Waals surface area contributed by atoms with Gasteiger partial charge in [0.15, 0.2) is 0 Å². The van der Waals surface area contributed by atoms with Crippen molar-refractivity contribution in [1.29, 1.82) is 0 Å². The molecule has 2 rings (SSSR count). The summed E-state index contributed by atoms with van der Waals surface area (Å²) in [7, 11) is 1.43. The molecule has 0 saturated heterocycles. The van der Waals surface area contributed by atoms with Crippen LogP contribution in [0.1, 0.15) is 17.9 Å². The van der Waals surface area contributed by atoms with Crippen molar-refractivity contribution in [3.8, 4) is 0 Å². The van der Waals surface area contributed by atoms with Gasteiger partial charge in [-0.2, -0.15) is 13.2 Å². The number of aliphatic hydroxyl groups is 1. The van der Waals surface area contributed by atoms with Gasteiger partial charge in [-0.3, -0.25) is 9.59 Å². The number of nitrogens with zero attached hydrogens (tertiary/aromatic N) is 1. The molecule has 9 heteroatoms. The summed E-state index contributed by atoms with van der Waals surface area (Å²) in [6.45, 7) is 1.41. The van der Waals surface area contributed by atoms with E-state index in [1.807, 2.05) is 0 Å². The Labute approximate surface area is 134 Å². The number of carbonyl (C=O) groups excluding carboxylic acids is 1. The maximum absolute atomic E-state index is 13.3. The van der Waals surface area contributed by atoms with E-state index in [1.54, 1.807) is 0 Å². The third kappa shape index (κ3) is 3.35. The molecule has 0 radical (unpaired) electrons. The first-order valence-corrected chi connectivity index (χ1v) is 6.86. The Bertz CT molecular complexity index is 810. The third-order valence-corrected chi connectivity index (χ3v) is 3.43. The van der Waals surface area contributed by atoms with Crippen molar-refractivity contribution in [3.63, 3.8) is 0 Å². The summed E-state index contributed by atoms with van der Waals surface area (Å²) in [5.74, 6) is -1.80. The van der Waals surface area contributed by atoms with Gasteiger partial charge in [-0.1, -0.05) is 0 Å². The molecule has 0 aromatic carbocycles. The van der Waals surface area contributed by atoms with E-state index in [2.05, 4.69) is 5.32 Å². The Morgan fingerprint density at radius 1 is 1.33 bits per heavy atom. The highest BCUT2D eigenvalue weighted by Crippen LogP contribution is 2.42. The summed E-state index contributed by atoms with van der Waals surface area (Å²) >= 11 is 0. The van der Waals surface area contributed by atoms with Crippen LogP contribution in [0.3, 0.4) is 0 Å². The first-order chi connectivity index (χ1) is 11.0. The predicted octanol–water partition coefficient (Wildman–Crippen LogP) is 2.07. The molecule has 0 fully saturated rings. The molecule has 1 unspecified atom stereocenters. The van der Waals surface area contributed by atoms with Crippen molar-refractivity contribution >= 4 is 11.6 Å². The van der Waals surface area contributed by atoms with Gasteiger partial charge in [0, 0.05) is 13.2 Å². The number of furan rings is 1. The van der Waals surface area contributed by atoms with Gasteiger partial charge in [-0.25, -0.2) is 0 Å². The number of alkyl halides is 3. The van der Waals surface area contributed by atoms with Crippen LogP contribution in [0.2, 0.25) is 0 Å². The lowest BCUT2D eigenvalue weighted by Crippen LogP contribution is -2.45. The Balaban J connectivity index is 2.29. The lowest BCUT2D eigenvalue weighted by molar-refractivity contribution is -0.272. The second-order valence-corrected chi connectivity index (χ2v) is 5.33. The maximum Gasteiger partial charge on any atom is 0.425 e. The molecule has 130 valence electrons. The molecule has 2 N–H and O–H groups in total. The molecule has 6 nitrogen and oxygen atoms in total. The Morgan fingerprint density at radius 3 is 2.54 bits per heavy atom. The molecule has 0 bridgehead atoms. The van der Waals surface area contributed by atoms with E-state index in [-0.39, 0.29) is 11.4 Å². The number of nitrogens with one attached hydrogen (secondary N) is 1. The SMILES string of the molecule is Cc1ccc(C(O)(CC(=O)Nc2cccn(C)c2=O)C(F)(F)F)o1. The Kier molecular flexibility index (Phi) is 4.57. The van der Waals surface area contributed by atoms with E-state index >= 15 is 0 Å². The highest BCUT2D eigenvalue weighted by atomic mass is 19.4. The van der Waals surface area contributed by atoms with Crippen molar-refractivity contribution in [2.24, 2.45) is 7.05 Å². The second kappa shape index (κ2) is 6.16. The van der Waals surface area contributed by atoms with Crippen molar-refractivity contribution in [3.05, 3.63) is 52.3 Å². The van der Waals surface area contributed by atoms with E-state index in [9.17, 15) is 27.9 Å². The van der Waals surface area contributed by atoms with Crippen LogP contribution in [0.25, 0.3) is 0 Å². The van der Waals surface area contributed by atoms with Gasteiger partial charge < -0.3 is 19.4 Å². The smallest absolute Gasteiger partial charge is 0.425 e. The van der Waals surface area contributed by atoms with Crippen LogP contribution in [0.4, 0.5) is 18.9 Å². The van der Waals surface area contributed by atoms with Crippen molar-refractivity contribution in [2.45, 2.75) is 25.1 Å². The number of aryl methyl sites for hydroxylation is 2. The minimum Gasteiger partial charge on any atom is -0.463 e. The molecule has 2 aromatic rings. The molecule has 0 aliphatic rings. The van der Waals surface area contributed by atoms with Crippen molar-refractivity contribution < 1.29 is 27.5 Å². The van der Waals surface area contributed by atoms with Gasteiger partial charge in [0.25, 0.3) is 5.56 Å². The first kappa shape index (κ1) is 17.8. The number of carbonyl (C=O) groups is 1. The average Bonchev–Trinajstić information content (AvgIpc) is 2.89. The average molecular weight is 344 g/mol. The summed E-state index contributed by atoms with van der Waals surface area (Å²) in [5.41, 5.74) is -4.27. The van der Waals surface area contributed by atoms with E-state index in [0.717, 1.165) is 10.6 Å². The van der Waals surface area contributed by atoms with Crippen LogP contribution in [0, 0.1) is 6.92 Å². The number of amides is 1. The summed E-state index contributed by atoms with van der Waals surface area (Å²) < 4.78 is 45.9. The molecule has 2 heterocycles. The van der Waals surface area contributed by atoms with Gasteiger partial charge in [-0.05, 0) is 31.2 Å². The normalized spacial score (nSPS) is 14.2. The Hall–Kier alpha value is -2.55. The summed E-state index contributed by atoms with van der Waals surface area (Å²) in [6.07, 6.45) is -5.06. The molecule has 0 spiro atoms. The molecule has 2 aromatic heterocycles. The fourth-order valence-corrected chi connectivity index (χ4v) is 2.10. The number of pyridine rings is 1. The van der Waals surface area contributed by atoms with Crippen molar-refractivity contribution in [2.75, 3.05) is 5.32 Å². The zero-order chi connectivity index (χ0) is 18.1. The lowest BCUT2D eigenvalue weighted by atomic mass is 9.95. The van der Waals surface area contributed by atoms with Crippen LogP contribution >= 0.6 is 0 Å². The maximum atomic E-state index is 13.3. The highest BCUT2D eigenvalue weighted by molar-refractivity contribution is 5.91. The van der Waals surface area contributed by atoms with Crippen LogP contribution in [-0.2, 0) is 17.4 Å². The van der Waals surface area contributed by atoms with Crippen LogP contribution in [0.15, 0.2) is 39.7 Å². The fourth-order valence-electron chi connectivity index (χ4n) is 2.10. The molecular formula is C15H15F3N2O4. The highest BCUT2D eigenvalue weighted by Gasteiger charge is 2.58. The van der Waals surface area contributed by atoms with Crippen LogP contribution in [0.5, 0.6) is 0 Å². The van der Waals surface area contributed by atoms with Gasteiger partial charge in [0.05, 0.1) is 6.42 Å². The predicted molar refractivity (Wildman–Crippen MR) is 78.3 cm³/mol. The Morgan fingerprint density at radius 2 is 2.00 bits per heavy atom. The fraction of sp³-hybridized carbons (Fsp3) is 0.333. The van der Waals surface area contributed by atoms with E-state index in [4.69, 9.17) is 4.42 Å². The van der Waals surface area contributed by atoms with E-state index in [1.165, 1.54) is 38.4 Å². The summed E-state index contributed by atoms with van der Waals surface area (Å²) in [5, 5.41) is 12.1. The number of halogens is 3. The molecule has 0 saturated carbocycles. The number of hydrogen-bond acceptors (Lipinski definition) is 4. The minimum atomic E-state index is -5.14. The number of hydrogen-bond donors (Lipinski definition) is 2. The molecular weight excluding hydrogens is 329 g/mol. The zero-order valence-corrected chi connectivity index (χ0v) is 12.8. The second-order valence-electron chi connectivity index (χ2n) is 5.33. The first-order valence-electron chi connectivity index (χ1n) is 6.86. The molecule has 24 heavy (non-hydrogen) atoms. The lowest BCUT2D eigenvalue weighted by Gasteiger charge is -2.27. The number of aromatic nitrogens is 1. The van der Waals surface area contributed by atoms with Gasteiger partial charge in [-0.15, -0.1) is 0 Å². The molecule has 1 atom stereocenters. The zero-order valence-electron chi connectivity index (χ0n) is 12.8. The standard InChI is InChI=1S/C15H15F3N2O4/c1-9-5-6-11(24-9)14(23,15(16,17)18)8-12(21)19-10-4-3-7-20(2)13(10)22/h3-7,23H,8H2,1-2H3,(H,19,21). The largest absolute Gasteiger partial charge is 0.463 e. The topological polar surface area (TPSA) is 84.5 Å². The van der Waals surface area contributed by atoms with Gasteiger partial charge >= 0.3 is 6.18 Å². The number of rotatable bonds is 4. The van der Waals surface area contributed by atoms with Crippen LogP contribution in [-0.4, -0.2) is 21.8 Å². The third-order valence-electron chi connectivity index (χ3n) is 3.43. The number of anilines is 1. The van der Waals surface area contributed by atoms with Crippen LogP contribution < -0.4 is 10.9 Å². The van der Waals surface area contributed by atoms with Crippen molar-refractivity contribution in [1.82, 2.24) is 4.57 Å². The summed E-state index contributed by atoms with van der Waals surface area (Å²) in [6, 6.07) is 4.90. The van der Waals surface area contributed by atoms with Gasteiger partial charge in [0.2, 0.25) is 11.5 Å². The monoisotopic (exact) mass is 344 g/mol. The van der Waals surface area contributed by atoms with E-state index < -0.39 is 35.4 Å².